The number of carbonyl (C=O) groups excluding carboxylic acids is 1. The Balaban J connectivity index is 0. The summed E-state index contributed by atoms with van der Waals surface area (Å²) in [7, 11) is 0. The van der Waals surface area contributed by atoms with Crippen LogP contribution < -0.4 is 11.1 Å². The zero-order valence-electron chi connectivity index (χ0n) is 7.18. The number of aliphatic hydroxyl groups is 4. The predicted octanol–water partition coefficient (Wildman–Crippen LogP) is -3.02. The van der Waals surface area contributed by atoms with E-state index < -0.39 is 12.1 Å². The molecule has 0 aliphatic carbocycles. The van der Waals surface area contributed by atoms with Gasteiger partial charge >= 0.3 is 6.03 Å². The number of primary amides is 1. The molecule has 0 saturated carbocycles. The number of carbonyl (C=O) groups is 1. The first-order chi connectivity index (χ1) is 6.08. The second-order valence-corrected chi connectivity index (χ2v) is 2.03. The number of hydrogen-bond donors (Lipinski definition) is 6. The summed E-state index contributed by atoms with van der Waals surface area (Å²) in [6.07, 6.45) is -0.954. The molecule has 0 heterocycles. The van der Waals surface area contributed by atoms with Crippen LogP contribution in [0.2, 0.25) is 0 Å². The van der Waals surface area contributed by atoms with Gasteiger partial charge in [-0.15, -0.1) is 0 Å². The molecule has 2 amide bonds. The molecule has 0 saturated heterocycles. The number of urea groups is 1. The van der Waals surface area contributed by atoms with Gasteiger partial charge in [-0.05, 0) is 0 Å². The van der Waals surface area contributed by atoms with Crippen molar-refractivity contribution in [3.8, 4) is 0 Å². The Morgan fingerprint density at radius 3 is 1.85 bits per heavy atom. The van der Waals surface area contributed by atoms with E-state index in [1.165, 1.54) is 0 Å². The smallest absolute Gasteiger partial charge is 0.312 e. The largest absolute Gasteiger partial charge is 0.395 e. The molecule has 13 heavy (non-hydrogen) atoms. The van der Waals surface area contributed by atoms with Crippen LogP contribution in [0.25, 0.3) is 0 Å². The Bertz CT molecular complexity index is 118. The summed E-state index contributed by atoms with van der Waals surface area (Å²) in [6, 6.07) is -0.603. The fraction of sp³-hybridized carbons (Fsp3) is 0.833. The topological polar surface area (TPSA) is 136 Å². The van der Waals surface area contributed by atoms with Crippen molar-refractivity contribution in [2.75, 3.05) is 26.4 Å². The molecule has 0 atom stereocenters. The SMILES string of the molecule is NC(=O)NCCO.OCC(O)CO. The third kappa shape index (κ3) is 18.2. The van der Waals surface area contributed by atoms with E-state index in [4.69, 9.17) is 20.4 Å². The average Bonchev–Trinajstić information content (AvgIpc) is 2.14. The maximum atomic E-state index is 9.76. The summed E-state index contributed by atoms with van der Waals surface area (Å²) in [5.41, 5.74) is 4.62. The summed E-state index contributed by atoms with van der Waals surface area (Å²) in [5.74, 6) is 0. The van der Waals surface area contributed by atoms with Crippen molar-refractivity contribution in [2.24, 2.45) is 5.73 Å². The minimum absolute atomic E-state index is 0.0665. The van der Waals surface area contributed by atoms with E-state index in [1.807, 2.05) is 0 Å². The van der Waals surface area contributed by atoms with E-state index in [9.17, 15) is 4.79 Å². The molecule has 0 radical (unpaired) electrons. The van der Waals surface area contributed by atoms with Gasteiger partial charge in [-0.3, -0.25) is 0 Å². The van der Waals surface area contributed by atoms with Crippen molar-refractivity contribution in [1.82, 2.24) is 5.32 Å². The van der Waals surface area contributed by atoms with Crippen molar-refractivity contribution in [2.45, 2.75) is 6.10 Å². The minimum Gasteiger partial charge on any atom is -0.395 e. The van der Waals surface area contributed by atoms with Gasteiger partial charge in [0.1, 0.15) is 6.10 Å². The molecule has 0 rings (SSSR count). The van der Waals surface area contributed by atoms with Crippen LogP contribution in [-0.2, 0) is 0 Å². The summed E-state index contributed by atoms with van der Waals surface area (Å²) in [6.45, 7) is -0.564. The van der Waals surface area contributed by atoms with E-state index in [0.717, 1.165) is 0 Å². The Morgan fingerprint density at radius 1 is 1.31 bits per heavy atom. The average molecular weight is 196 g/mol. The van der Waals surface area contributed by atoms with Gasteiger partial charge in [0.2, 0.25) is 0 Å². The van der Waals surface area contributed by atoms with Crippen molar-refractivity contribution in [3.05, 3.63) is 0 Å². The summed E-state index contributed by atoms with van der Waals surface area (Å²) >= 11 is 0. The molecule has 0 spiro atoms. The molecule has 0 aromatic heterocycles. The molecular weight excluding hydrogens is 180 g/mol. The van der Waals surface area contributed by atoms with Gasteiger partial charge < -0.3 is 31.5 Å². The van der Waals surface area contributed by atoms with Gasteiger partial charge in [0, 0.05) is 6.54 Å². The summed E-state index contributed by atoms with van der Waals surface area (Å²) in [5, 5.41) is 34.2. The molecule has 7 heteroatoms. The lowest BCUT2D eigenvalue weighted by Gasteiger charge is -1.96. The lowest BCUT2D eigenvalue weighted by atomic mass is 10.4. The van der Waals surface area contributed by atoms with Gasteiger partial charge in [-0.25, -0.2) is 4.79 Å². The standard InChI is InChI=1S/C3H8N2O2.C3H8O3/c4-3(7)5-1-2-6;4-1-3(6)2-5/h6H,1-2H2,(H3,4,5,7);3-6H,1-2H2. The second-order valence-electron chi connectivity index (χ2n) is 2.03. The molecular formula is C6H16N2O5. The van der Waals surface area contributed by atoms with Crippen LogP contribution in [0.5, 0.6) is 0 Å². The van der Waals surface area contributed by atoms with Crippen molar-refractivity contribution < 1.29 is 25.2 Å². The van der Waals surface area contributed by atoms with Crippen molar-refractivity contribution in [3.63, 3.8) is 0 Å². The molecule has 0 aliphatic rings. The van der Waals surface area contributed by atoms with E-state index in [1.54, 1.807) is 0 Å². The Kier molecular flexibility index (Phi) is 12.5. The lowest BCUT2D eigenvalue weighted by molar-refractivity contribution is 0.0450. The monoisotopic (exact) mass is 196 g/mol. The number of aliphatic hydroxyl groups excluding tert-OH is 4. The zero-order valence-corrected chi connectivity index (χ0v) is 7.18. The molecule has 0 unspecified atom stereocenters. The molecule has 0 fully saturated rings. The van der Waals surface area contributed by atoms with Gasteiger partial charge in [0.15, 0.2) is 0 Å². The van der Waals surface area contributed by atoms with E-state index in [-0.39, 0.29) is 26.4 Å². The van der Waals surface area contributed by atoms with Crippen LogP contribution in [0.15, 0.2) is 0 Å². The van der Waals surface area contributed by atoms with Gasteiger partial charge in [-0.2, -0.15) is 0 Å². The van der Waals surface area contributed by atoms with Gasteiger partial charge in [0.25, 0.3) is 0 Å². The number of rotatable bonds is 4. The lowest BCUT2D eigenvalue weighted by Crippen LogP contribution is -2.31. The highest BCUT2D eigenvalue weighted by Crippen LogP contribution is 1.71. The molecule has 7 nitrogen and oxygen atoms in total. The molecule has 0 bridgehead atoms. The van der Waals surface area contributed by atoms with Crippen LogP contribution in [0, 0.1) is 0 Å². The quantitative estimate of drug-likeness (QED) is 0.284. The maximum Gasteiger partial charge on any atom is 0.312 e. The third-order valence-electron chi connectivity index (χ3n) is 0.833. The second kappa shape index (κ2) is 11.1. The number of nitrogens with one attached hydrogen (secondary N) is 1. The van der Waals surface area contributed by atoms with E-state index in [0.29, 0.717) is 0 Å². The first-order valence-electron chi connectivity index (χ1n) is 3.62. The molecule has 0 aliphatic heterocycles. The number of amides is 2. The highest BCUT2D eigenvalue weighted by atomic mass is 16.3. The van der Waals surface area contributed by atoms with E-state index >= 15 is 0 Å². The Morgan fingerprint density at radius 2 is 1.77 bits per heavy atom. The van der Waals surface area contributed by atoms with Crippen LogP contribution in [0.4, 0.5) is 4.79 Å². The third-order valence-corrected chi connectivity index (χ3v) is 0.833. The highest BCUT2D eigenvalue weighted by Gasteiger charge is 1.93. The zero-order chi connectivity index (χ0) is 10.7. The summed E-state index contributed by atoms with van der Waals surface area (Å²) < 4.78 is 0. The maximum absolute atomic E-state index is 9.76. The van der Waals surface area contributed by atoms with Crippen molar-refractivity contribution >= 4 is 6.03 Å². The number of nitrogens with two attached hydrogens (primary N) is 1. The van der Waals surface area contributed by atoms with E-state index in [2.05, 4.69) is 11.1 Å². The van der Waals surface area contributed by atoms with Crippen LogP contribution in [0.1, 0.15) is 0 Å². The molecule has 0 aromatic carbocycles. The fourth-order valence-corrected chi connectivity index (χ4v) is 0.237. The normalized spacial score (nSPS) is 9.00. The van der Waals surface area contributed by atoms with Crippen molar-refractivity contribution in [1.29, 1.82) is 0 Å². The Hall–Kier alpha value is -0.890. The minimum atomic E-state index is -0.954. The summed E-state index contributed by atoms with van der Waals surface area (Å²) in [4.78, 5) is 9.76. The predicted molar refractivity (Wildman–Crippen MR) is 44.9 cm³/mol. The first kappa shape index (κ1) is 14.6. The Labute approximate surface area is 75.8 Å². The fourth-order valence-electron chi connectivity index (χ4n) is 0.237. The van der Waals surface area contributed by atoms with Gasteiger partial charge in [-0.1, -0.05) is 0 Å². The molecule has 7 N–H and O–H groups in total. The van der Waals surface area contributed by atoms with Crippen LogP contribution >= 0.6 is 0 Å². The number of hydrogen-bond acceptors (Lipinski definition) is 5. The first-order valence-corrected chi connectivity index (χ1v) is 3.62. The van der Waals surface area contributed by atoms with Gasteiger partial charge in [0.05, 0.1) is 19.8 Å². The highest BCUT2D eigenvalue weighted by molar-refractivity contribution is 5.71. The van der Waals surface area contributed by atoms with Crippen LogP contribution in [-0.4, -0.2) is 58.9 Å². The van der Waals surface area contributed by atoms with Crippen LogP contribution in [0.3, 0.4) is 0 Å². The molecule has 0 aromatic rings. The molecule has 80 valence electrons.